The second-order valence-corrected chi connectivity index (χ2v) is 6.05. The van der Waals surface area contributed by atoms with Gasteiger partial charge in [-0.15, -0.1) is 0 Å². The number of nitrogens with one attached hydrogen (secondary N) is 1. The van der Waals surface area contributed by atoms with Crippen molar-refractivity contribution in [1.29, 1.82) is 0 Å². The van der Waals surface area contributed by atoms with Crippen molar-refractivity contribution >= 4 is 11.9 Å². The fourth-order valence-corrected chi connectivity index (χ4v) is 2.82. The van der Waals surface area contributed by atoms with Gasteiger partial charge in [0.15, 0.2) is 0 Å². The molecular formula is C14H26N2O3. The molecular weight excluding hydrogens is 244 g/mol. The van der Waals surface area contributed by atoms with E-state index < -0.39 is 5.97 Å². The van der Waals surface area contributed by atoms with Gasteiger partial charge in [0.05, 0.1) is 5.92 Å². The van der Waals surface area contributed by atoms with Gasteiger partial charge in [-0.1, -0.05) is 13.8 Å². The van der Waals surface area contributed by atoms with E-state index in [1.807, 2.05) is 0 Å². The number of rotatable bonds is 7. The van der Waals surface area contributed by atoms with Crippen LogP contribution in [-0.4, -0.2) is 29.6 Å². The summed E-state index contributed by atoms with van der Waals surface area (Å²) in [5.74, 6) is -0.296. The lowest BCUT2D eigenvalue weighted by Crippen LogP contribution is -2.35. The number of hydrogen-bond donors (Lipinski definition) is 3. The first kappa shape index (κ1) is 16.0. The summed E-state index contributed by atoms with van der Waals surface area (Å²) >= 11 is 0. The molecule has 5 nitrogen and oxygen atoms in total. The molecule has 0 aromatic carbocycles. The summed E-state index contributed by atoms with van der Waals surface area (Å²) < 4.78 is 0. The lowest BCUT2D eigenvalue weighted by Gasteiger charge is -2.18. The molecule has 0 saturated heterocycles. The van der Waals surface area contributed by atoms with Crippen molar-refractivity contribution < 1.29 is 14.7 Å². The Hall–Kier alpha value is -1.10. The van der Waals surface area contributed by atoms with Crippen LogP contribution in [-0.2, 0) is 9.59 Å². The predicted molar refractivity (Wildman–Crippen MR) is 73.5 cm³/mol. The van der Waals surface area contributed by atoms with Crippen LogP contribution in [0.4, 0.5) is 0 Å². The van der Waals surface area contributed by atoms with Gasteiger partial charge in [0.25, 0.3) is 0 Å². The van der Waals surface area contributed by atoms with E-state index in [0.717, 1.165) is 12.8 Å². The number of carbonyl (C=O) groups excluding carboxylic acids is 1. The van der Waals surface area contributed by atoms with Gasteiger partial charge < -0.3 is 16.2 Å². The summed E-state index contributed by atoms with van der Waals surface area (Å²) in [4.78, 5) is 22.8. The molecule has 1 aliphatic carbocycles. The second-order valence-electron chi connectivity index (χ2n) is 6.05. The molecule has 0 aromatic heterocycles. The van der Waals surface area contributed by atoms with Crippen LogP contribution in [0.15, 0.2) is 0 Å². The van der Waals surface area contributed by atoms with Crippen molar-refractivity contribution in [2.45, 2.75) is 52.0 Å². The van der Waals surface area contributed by atoms with Crippen LogP contribution >= 0.6 is 0 Å². The molecule has 1 saturated carbocycles. The summed E-state index contributed by atoms with van der Waals surface area (Å²) in [7, 11) is 0. The number of hydrogen-bond acceptors (Lipinski definition) is 3. The van der Waals surface area contributed by atoms with Crippen molar-refractivity contribution in [2.24, 2.45) is 23.5 Å². The summed E-state index contributed by atoms with van der Waals surface area (Å²) in [6.07, 6.45) is 3.38. The molecule has 0 bridgehead atoms. The highest BCUT2D eigenvalue weighted by molar-refractivity contribution is 5.77. The van der Waals surface area contributed by atoms with Crippen LogP contribution in [0, 0.1) is 17.8 Å². The first-order valence-corrected chi connectivity index (χ1v) is 7.14. The molecule has 2 unspecified atom stereocenters. The summed E-state index contributed by atoms with van der Waals surface area (Å²) in [6, 6.07) is 0.0195. The third kappa shape index (κ3) is 5.59. The fraction of sp³-hybridized carbons (Fsp3) is 0.857. The van der Waals surface area contributed by atoms with E-state index in [1.165, 1.54) is 0 Å². The van der Waals surface area contributed by atoms with E-state index in [0.29, 0.717) is 31.7 Å². The summed E-state index contributed by atoms with van der Waals surface area (Å²) in [5.41, 5.74) is 5.68. The van der Waals surface area contributed by atoms with Crippen LogP contribution in [0.5, 0.6) is 0 Å². The first-order chi connectivity index (χ1) is 8.92. The minimum atomic E-state index is -0.753. The number of carbonyl (C=O) groups is 2. The van der Waals surface area contributed by atoms with Crippen LogP contribution in [0.1, 0.15) is 46.0 Å². The van der Waals surface area contributed by atoms with Gasteiger partial charge in [0, 0.05) is 12.5 Å². The highest BCUT2D eigenvalue weighted by Crippen LogP contribution is 2.26. The maximum Gasteiger partial charge on any atom is 0.306 e. The summed E-state index contributed by atoms with van der Waals surface area (Å²) in [6.45, 7) is 4.76. The average molecular weight is 270 g/mol. The monoisotopic (exact) mass is 270 g/mol. The van der Waals surface area contributed by atoms with Gasteiger partial charge in [-0.05, 0) is 44.1 Å². The quantitative estimate of drug-likeness (QED) is 0.651. The van der Waals surface area contributed by atoms with Crippen LogP contribution in [0.3, 0.4) is 0 Å². The Balaban J connectivity index is 2.33. The average Bonchev–Trinajstić information content (AvgIpc) is 2.75. The zero-order valence-corrected chi connectivity index (χ0v) is 11.9. The Morgan fingerprint density at radius 3 is 2.53 bits per heavy atom. The lowest BCUT2D eigenvalue weighted by atomic mass is 9.94. The molecule has 1 amide bonds. The maximum atomic E-state index is 11.9. The Morgan fingerprint density at radius 2 is 2.05 bits per heavy atom. The molecule has 0 spiro atoms. The fourth-order valence-electron chi connectivity index (χ4n) is 2.82. The molecule has 0 heterocycles. The highest BCUT2D eigenvalue weighted by Gasteiger charge is 2.30. The van der Waals surface area contributed by atoms with Crippen molar-refractivity contribution in [1.82, 2.24) is 5.32 Å². The third-order valence-electron chi connectivity index (χ3n) is 3.76. The van der Waals surface area contributed by atoms with Gasteiger partial charge in [-0.25, -0.2) is 0 Å². The Kier molecular flexibility index (Phi) is 6.28. The largest absolute Gasteiger partial charge is 0.481 e. The van der Waals surface area contributed by atoms with E-state index in [9.17, 15) is 9.59 Å². The molecule has 1 aliphatic rings. The molecule has 0 aromatic rings. The van der Waals surface area contributed by atoms with Gasteiger partial charge in [0.1, 0.15) is 0 Å². The van der Waals surface area contributed by atoms with E-state index in [2.05, 4.69) is 19.2 Å². The number of amides is 1. The molecule has 5 heteroatoms. The van der Waals surface area contributed by atoms with Crippen LogP contribution in [0.2, 0.25) is 0 Å². The van der Waals surface area contributed by atoms with Crippen LogP contribution in [0.25, 0.3) is 0 Å². The zero-order chi connectivity index (χ0) is 14.4. The molecule has 0 aliphatic heterocycles. The maximum absolute atomic E-state index is 11.9. The number of nitrogens with two attached hydrogens (primary N) is 1. The lowest BCUT2D eigenvalue weighted by molar-refractivity contribution is -0.141. The van der Waals surface area contributed by atoms with Gasteiger partial charge in [0.2, 0.25) is 5.91 Å². The SMILES string of the molecule is CC(C)C[C@H](CN)CC(=O)NC1CCC(C(=O)O)C1. The minimum Gasteiger partial charge on any atom is -0.481 e. The predicted octanol–water partition coefficient (Wildman–Crippen LogP) is 1.37. The van der Waals surface area contributed by atoms with E-state index in [4.69, 9.17) is 10.8 Å². The van der Waals surface area contributed by atoms with E-state index in [-0.39, 0.29) is 23.8 Å². The zero-order valence-electron chi connectivity index (χ0n) is 11.9. The van der Waals surface area contributed by atoms with E-state index >= 15 is 0 Å². The van der Waals surface area contributed by atoms with Crippen molar-refractivity contribution in [3.63, 3.8) is 0 Å². The molecule has 19 heavy (non-hydrogen) atoms. The van der Waals surface area contributed by atoms with Crippen molar-refractivity contribution in [2.75, 3.05) is 6.54 Å². The Bertz CT molecular complexity index is 318. The number of carboxylic acids is 1. The number of carboxylic acid groups (broad SMARTS) is 1. The normalized spacial score (nSPS) is 24.4. The summed E-state index contributed by atoms with van der Waals surface area (Å²) in [5, 5.41) is 11.9. The van der Waals surface area contributed by atoms with Crippen molar-refractivity contribution in [3.05, 3.63) is 0 Å². The molecule has 3 atom stereocenters. The number of aliphatic carboxylic acids is 1. The second kappa shape index (κ2) is 7.48. The third-order valence-corrected chi connectivity index (χ3v) is 3.76. The topological polar surface area (TPSA) is 92.4 Å². The molecule has 4 N–H and O–H groups in total. The minimum absolute atomic E-state index is 0.00661. The smallest absolute Gasteiger partial charge is 0.306 e. The molecule has 110 valence electrons. The van der Waals surface area contributed by atoms with Crippen LogP contribution < -0.4 is 11.1 Å². The first-order valence-electron chi connectivity index (χ1n) is 7.14. The molecule has 1 rings (SSSR count). The van der Waals surface area contributed by atoms with E-state index in [1.54, 1.807) is 0 Å². The molecule has 0 radical (unpaired) electrons. The standard InChI is InChI=1S/C14H26N2O3/c1-9(2)5-10(8-15)6-13(17)16-12-4-3-11(7-12)14(18)19/h9-12H,3-8,15H2,1-2H3,(H,16,17)(H,18,19)/t10-,11?,12?/m0/s1. The van der Waals surface area contributed by atoms with Crippen molar-refractivity contribution in [3.8, 4) is 0 Å². The highest BCUT2D eigenvalue weighted by atomic mass is 16.4. The Labute approximate surface area is 114 Å². The van der Waals surface area contributed by atoms with Gasteiger partial charge >= 0.3 is 5.97 Å². The Morgan fingerprint density at radius 1 is 1.37 bits per heavy atom. The molecule has 1 fully saturated rings. The van der Waals surface area contributed by atoms with Gasteiger partial charge in [-0.2, -0.15) is 0 Å². The van der Waals surface area contributed by atoms with Gasteiger partial charge in [-0.3, -0.25) is 9.59 Å².